The van der Waals surface area contributed by atoms with Crippen molar-refractivity contribution in [2.75, 3.05) is 6.61 Å². The first kappa shape index (κ1) is 16.7. The van der Waals surface area contributed by atoms with Crippen molar-refractivity contribution in [3.05, 3.63) is 58.5 Å². The van der Waals surface area contributed by atoms with Gasteiger partial charge in [-0.3, -0.25) is 10.7 Å². The maximum atomic E-state index is 10.9. The molecule has 0 aliphatic carbocycles. The zero-order valence-electron chi connectivity index (χ0n) is 13.6. The molecule has 130 valence electrons. The SMILES string of the molecule is CC1(N)N=CC(c2ccccc2OCCn2ccnc2[N+](=O)[O-])=CN1. The minimum atomic E-state index is -0.820. The van der Waals surface area contributed by atoms with Crippen LogP contribution >= 0.6 is 0 Å². The lowest BCUT2D eigenvalue weighted by Crippen LogP contribution is -2.47. The van der Waals surface area contributed by atoms with Crippen LogP contribution in [0, 0.1) is 10.1 Å². The van der Waals surface area contributed by atoms with E-state index in [2.05, 4.69) is 15.3 Å². The fraction of sp³-hybridized carbons (Fsp3) is 0.250. The molecule has 0 amide bonds. The quantitative estimate of drug-likeness (QED) is 0.606. The molecule has 3 N–H and O–H groups in total. The van der Waals surface area contributed by atoms with Crippen molar-refractivity contribution in [1.29, 1.82) is 0 Å². The number of hydrogen-bond acceptors (Lipinski definition) is 7. The molecule has 2 heterocycles. The molecule has 0 spiro atoms. The summed E-state index contributed by atoms with van der Waals surface area (Å²) in [5, 5.41) is 13.9. The lowest BCUT2D eigenvalue weighted by Gasteiger charge is -2.24. The number of nitrogens with one attached hydrogen (secondary N) is 1. The zero-order valence-corrected chi connectivity index (χ0v) is 13.6. The van der Waals surface area contributed by atoms with Crippen LogP contribution in [0.2, 0.25) is 0 Å². The maximum Gasteiger partial charge on any atom is 0.434 e. The normalized spacial score (nSPS) is 19.2. The van der Waals surface area contributed by atoms with Gasteiger partial charge in [0.05, 0.1) is 0 Å². The third-order valence-corrected chi connectivity index (χ3v) is 3.64. The number of allylic oxidation sites excluding steroid dienone is 1. The summed E-state index contributed by atoms with van der Waals surface area (Å²) in [6, 6.07) is 7.50. The molecule has 9 heteroatoms. The minimum absolute atomic E-state index is 0.203. The van der Waals surface area contributed by atoms with E-state index in [1.807, 2.05) is 24.3 Å². The van der Waals surface area contributed by atoms with E-state index in [0.717, 1.165) is 11.1 Å². The molecule has 1 aliphatic rings. The van der Waals surface area contributed by atoms with E-state index in [4.69, 9.17) is 10.5 Å². The number of imidazole rings is 1. The highest BCUT2D eigenvalue weighted by atomic mass is 16.6. The highest BCUT2D eigenvalue weighted by Gasteiger charge is 2.19. The van der Waals surface area contributed by atoms with Crippen molar-refractivity contribution in [3.63, 3.8) is 0 Å². The average molecular weight is 342 g/mol. The van der Waals surface area contributed by atoms with Crippen molar-refractivity contribution in [3.8, 4) is 5.75 Å². The molecule has 1 aliphatic heterocycles. The molecule has 1 unspecified atom stereocenters. The number of nitrogens with two attached hydrogens (primary N) is 1. The third kappa shape index (κ3) is 3.83. The van der Waals surface area contributed by atoms with Crippen LogP contribution in [0.25, 0.3) is 5.57 Å². The molecule has 1 aromatic heterocycles. The van der Waals surface area contributed by atoms with Crippen LogP contribution in [0.3, 0.4) is 0 Å². The van der Waals surface area contributed by atoms with Crippen LogP contribution in [0.15, 0.2) is 47.9 Å². The Hall–Kier alpha value is -3.20. The fourth-order valence-electron chi connectivity index (χ4n) is 2.38. The summed E-state index contributed by atoms with van der Waals surface area (Å²) in [6.45, 7) is 2.34. The van der Waals surface area contributed by atoms with Crippen molar-refractivity contribution >= 4 is 17.7 Å². The predicted octanol–water partition coefficient (Wildman–Crippen LogP) is 1.52. The Morgan fingerprint density at radius 3 is 2.96 bits per heavy atom. The Morgan fingerprint density at radius 1 is 1.44 bits per heavy atom. The predicted molar refractivity (Wildman–Crippen MR) is 93.0 cm³/mol. The van der Waals surface area contributed by atoms with Gasteiger partial charge in [0.2, 0.25) is 0 Å². The molecule has 0 radical (unpaired) electrons. The summed E-state index contributed by atoms with van der Waals surface area (Å²) in [7, 11) is 0. The number of nitro groups is 1. The van der Waals surface area contributed by atoms with Crippen LogP contribution in [0.5, 0.6) is 5.75 Å². The first-order valence-electron chi connectivity index (χ1n) is 7.66. The van der Waals surface area contributed by atoms with Crippen LogP contribution in [-0.2, 0) is 6.54 Å². The second kappa shape index (κ2) is 6.73. The minimum Gasteiger partial charge on any atom is -0.490 e. The Morgan fingerprint density at radius 2 is 2.24 bits per heavy atom. The number of hydrogen-bond donors (Lipinski definition) is 2. The standard InChI is InChI=1S/C16H18N6O3/c1-16(17)19-10-12(11-20-16)13-4-2-3-5-14(13)25-9-8-21-7-6-18-15(21)22(23)24/h2-7,10-11,19H,8-9,17H2,1H3. The van der Waals surface area contributed by atoms with Gasteiger partial charge in [0, 0.05) is 23.6 Å². The summed E-state index contributed by atoms with van der Waals surface area (Å²) < 4.78 is 7.25. The van der Waals surface area contributed by atoms with Gasteiger partial charge < -0.3 is 20.2 Å². The molecule has 25 heavy (non-hydrogen) atoms. The van der Waals surface area contributed by atoms with Gasteiger partial charge in [-0.1, -0.05) is 23.2 Å². The van der Waals surface area contributed by atoms with E-state index in [1.165, 1.54) is 10.8 Å². The summed E-state index contributed by atoms with van der Waals surface area (Å²) in [5.74, 6) is -0.365. The molecule has 1 aromatic carbocycles. The van der Waals surface area contributed by atoms with Crippen molar-refractivity contribution in [1.82, 2.24) is 14.9 Å². The highest BCUT2D eigenvalue weighted by molar-refractivity contribution is 6.11. The number of nitrogens with zero attached hydrogens (tertiary/aromatic N) is 4. The van der Waals surface area contributed by atoms with Gasteiger partial charge in [0.1, 0.15) is 31.3 Å². The monoisotopic (exact) mass is 342 g/mol. The van der Waals surface area contributed by atoms with E-state index in [9.17, 15) is 10.1 Å². The number of para-hydroxylation sites is 1. The van der Waals surface area contributed by atoms with Gasteiger partial charge >= 0.3 is 5.95 Å². The van der Waals surface area contributed by atoms with Crippen molar-refractivity contribution in [2.24, 2.45) is 10.7 Å². The van der Waals surface area contributed by atoms with Gasteiger partial charge in [-0.15, -0.1) is 0 Å². The second-order valence-corrected chi connectivity index (χ2v) is 5.67. The van der Waals surface area contributed by atoms with Crippen molar-refractivity contribution in [2.45, 2.75) is 19.3 Å². The number of aromatic nitrogens is 2. The highest BCUT2D eigenvalue weighted by Crippen LogP contribution is 2.26. The first-order valence-corrected chi connectivity index (χ1v) is 7.66. The Balaban J connectivity index is 1.70. The first-order chi connectivity index (χ1) is 12.0. The van der Waals surface area contributed by atoms with Gasteiger partial charge in [0.15, 0.2) is 5.79 Å². The lowest BCUT2D eigenvalue weighted by molar-refractivity contribution is -0.396. The van der Waals surface area contributed by atoms with Crippen LogP contribution in [0.1, 0.15) is 12.5 Å². The summed E-state index contributed by atoms with van der Waals surface area (Å²) in [6.07, 6.45) is 6.43. The largest absolute Gasteiger partial charge is 0.490 e. The van der Waals surface area contributed by atoms with E-state index in [1.54, 1.807) is 25.5 Å². The Kier molecular flexibility index (Phi) is 4.48. The molecular formula is C16H18N6O3. The third-order valence-electron chi connectivity index (χ3n) is 3.64. The number of benzene rings is 1. The number of rotatable bonds is 6. The Bertz CT molecular complexity index is 840. The Labute approximate surface area is 144 Å². The molecule has 0 saturated heterocycles. The average Bonchev–Trinajstić information content (AvgIpc) is 3.04. The zero-order chi connectivity index (χ0) is 17.9. The molecule has 1 atom stereocenters. The van der Waals surface area contributed by atoms with E-state index >= 15 is 0 Å². The lowest BCUT2D eigenvalue weighted by atomic mass is 10.1. The second-order valence-electron chi connectivity index (χ2n) is 5.67. The van der Waals surface area contributed by atoms with Gasteiger partial charge in [-0.2, -0.15) is 0 Å². The van der Waals surface area contributed by atoms with Gasteiger partial charge in [-0.05, 0) is 17.9 Å². The molecule has 9 nitrogen and oxygen atoms in total. The molecule has 0 fully saturated rings. The topological polar surface area (TPSA) is 121 Å². The fourth-order valence-corrected chi connectivity index (χ4v) is 2.38. The molecule has 0 saturated carbocycles. The van der Waals surface area contributed by atoms with Crippen LogP contribution in [-0.4, -0.2) is 33.1 Å². The van der Waals surface area contributed by atoms with Crippen LogP contribution < -0.4 is 15.8 Å². The number of aliphatic imine (C=N–C) groups is 1. The van der Waals surface area contributed by atoms with Gasteiger partial charge in [-0.25, -0.2) is 4.57 Å². The molecular weight excluding hydrogens is 324 g/mol. The van der Waals surface area contributed by atoms with E-state index in [0.29, 0.717) is 12.3 Å². The van der Waals surface area contributed by atoms with Crippen molar-refractivity contribution < 1.29 is 9.66 Å². The smallest absolute Gasteiger partial charge is 0.434 e. The number of ether oxygens (including phenoxy) is 1. The van der Waals surface area contributed by atoms with Gasteiger partial charge in [0.25, 0.3) is 0 Å². The molecule has 2 aromatic rings. The van der Waals surface area contributed by atoms with Crippen LogP contribution in [0.4, 0.5) is 5.95 Å². The summed E-state index contributed by atoms with van der Waals surface area (Å²) >= 11 is 0. The summed E-state index contributed by atoms with van der Waals surface area (Å²) in [4.78, 5) is 18.3. The van der Waals surface area contributed by atoms with E-state index < -0.39 is 10.7 Å². The van der Waals surface area contributed by atoms with E-state index in [-0.39, 0.29) is 12.6 Å². The molecule has 0 bridgehead atoms. The maximum absolute atomic E-state index is 10.9. The molecule has 3 rings (SSSR count). The summed E-state index contributed by atoms with van der Waals surface area (Å²) in [5.41, 5.74) is 7.58.